The molecule has 2 heterocycles. The van der Waals surface area contributed by atoms with Crippen LogP contribution in [0.4, 0.5) is 0 Å². The molecule has 2 amide bonds. The van der Waals surface area contributed by atoms with Gasteiger partial charge in [0.25, 0.3) is 0 Å². The van der Waals surface area contributed by atoms with E-state index in [0.717, 1.165) is 16.7 Å². The number of hydrogen-bond acceptors (Lipinski definition) is 6. The van der Waals surface area contributed by atoms with Crippen molar-refractivity contribution in [1.29, 1.82) is 0 Å². The molecule has 2 aromatic carbocycles. The van der Waals surface area contributed by atoms with E-state index in [1.54, 1.807) is 31.3 Å². The van der Waals surface area contributed by atoms with Gasteiger partial charge in [0.2, 0.25) is 6.79 Å². The topological polar surface area (TPSA) is 86.3 Å². The van der Waals surface area contributed by atoms with Crippen LogP contribution in [0.15, 0.2) is 30.3 Å². The Hall–Kier alpha value is -3.42. The lowest BCUT2D eigenvalue weighted by molar-refractivity contribution is -0.146. The van der Waals surface area contributed by atoms with Gasteiger partial charge in [-0.15, -0.1) is 0 Å². The number of benzene rings is 2. The van der Waals surface area contributed by atoms with E-state index < -0.39 is 11.8 Å². The molecule has 2 aromatic rings. The number of hydrogen-bond donors (Lipinski definition) is 1. The number of methoxy groups -OCH3 is 2. The van der Waals surface area contributed by atoms with Crippen LogP contribution in [-0.2, 0) is 29.1 Å². The van der Waals surface area contributed by atoms with Crippen molar-refractivity contribution in [1.82, 2.24) is 10.2 Å². The van der Waals surface area contributed by atoms with E-state index in [-0.39, 0.29) is 13.3 Å². The summed E-state index contributed by atoms with van der Waals surface area (Å²) in [6.07, 6.45) is 0.650. The smallest absolute Gasteiger partial charge is 0.312 e. The molecule has 0 bridgehead atoms. The van der Waals surface area contributed by atoms with Crippen LogP contribution in [0.1, 0.15) is 16.7 Å². The van der Waals surface area contributed by atoms with Crippen molar-refractivity contribution in [2.45, 2.75) is 19.5 Å². The molecule has 0 atom stereocenters. The van der Waals surface area contributed by atoms with Crippen LogP contribution in [-0.4, -0.2) is 44.3 Å². The largest absolute Gasteiger partial charge is 0.493 e. The monoisotopic (exact) mass is 398 g/mol. The maximum Gasteiger partial charge on any atom is 0.312 e. The summed E-state index contributed by atoms with van der Waals surface area (Å²) in [6.45, 7) is 1.25. The van der Waals surface area contributed by atoms with E-state index in [1.165, 1.54) is 0 Å². The molecule has 8 heteroatoms. The first-order valence-corrected chi connectivity index (χ1v) is 9.28. The molecule has 1 N–H and O–H groups in total. The van der Waals surface area contributed by atoms with Gasteiger partial charge in [0.1, 0.15) is 0 Å². The van der Waals surface area contributed by atoms with Crippen LogP contribution in [0, 0.1) is 0 Å². The van der Waals surface area contributed by atoms with Crippen molar-refractivity contribution < 1.29 is 28.5 Å². The van der Waals surface area contributed by atoms with Crippen molar-refractivity contribution >= 4 is 11.8 Å². The highest BCUT2D eigenvalue weighted by atomic mass is 16.7. The summed E-state index contributed by atoms with van der Waals surface area (Å²) in [5.74, 6) is 1.40. The summed E-state index contributed by atoms with van der Waals surface area (Å²) >= 11 is 0. The summed E-state index contributed by atoms with van der Waals surface area (Å²) in [4.78, 5) is 26.5. The minimum atomic E-state index is -0.633. The lowest BCUT2D eigenvalue weighted by Crippen LogP contribution is -2.44. The first-order valence-electron chi connectivity index (χ1n) is 9.28. The molecule has 0 spiro atoms. The van der Waals surface area contributed by atoms with Gasteiger partial charge in [-0.3, -0.25) is 9.59 Å². The second-order valence-corrected chi connectivity index (χ2v) is 6.82. The molecule has 0 radical (unpaired) electrons. The third-order valence-corrected chi connectivity index (χ3v) is 5.09. The summed E-state index contributed by atoms with van der Waals surface area (Å²) in [5.41, 5.74) is 2.87. The summed E-state index contributed by atoms with van der Waals surface area (Å²) in [6, 6.07) is 9.20. The van der Waals surface area contributed by atoms with Gasteiger partial charge in [0.15, 0.2) is 23.0 Å². The van der Waals surface area contributed by atoms with Gasteiger partial charge >= 0.3 is 11.8 Å². The Morgan fingerprint density at radius 1 is 1.03 bits per heavy atom. The van der Waals surface area contributed by atoms with Crippen molar-refractivity contribution in [3.63, 3.8) is 0 Å². The maximum atomic E-state index is 12.6. The van der Waals surface area contributed by atoms with Crippen LogP contribution >= 0.6 is 0 Å². The lowest BCUT2D eigenvalue weighted by atomic mass is 9.98. The number of carbonyl (C=O) groups excluding carboxylic acids is 2. The highest BCUT2D eigenvalue weighted by molar-refractivity contribution is 6.34. The molecule has 0 saturated carbocycles. The van der Waals surface area contributed by atoms with Crippen LogP contribution in [0.25, 0.3) is 0 Å². The Morgan fingerprint density at radius 2 is 1.76 bits per heavy atom. The van der Waals surface area contributed by atoms with E-state index in [4.69, 9.17) is 18.9 Å². The Balaban J connectivity index is 1.39. The van der Waals surface area contributed by atoms with Gasteiger partial charge in [-0.25, -0.2) is 0 Å². The van der Waals surface area contributed by atoms with Crippen molar-refractivity contribution in [2.75, 3.05) is 27.6 Å². The number of ether oxygens (including phenoxy) is 4. The van der Waals surface area contributed by atoms with Crippen molar-refractivity contribution in [3.8, 4) is 23.0 Å². The van der Waals surface area contributed by atoms with Crippen molar-refractivity contribution in [3.05, 3.63) is 47.0 Å². The number of nitrogens with one attached hydrogen (secondary N) is 1. The Kier molecular flexibility index (Phi) is 5.16. The molecular weight excluding hydrogens is 376 g/mol. The standard InChI is InChI=1S/C21H22N2O6/c1-26-17-8-14-5-6-23(11-15(14)9-18(17)27-2)21(25)20(24)22-10-13-3-4-16-19(7-13)29-12-28-16/h3-4,7-9H,5-6,10-12H2,1-2H3,(H,22,24). The predicted octanol–water partition coefficient (Wildman–Crippen LogP) is 1.63. The molecule has 8 nitrogen and oxygen atoms in total. The molecule has 4 rings (SSSR count). The number of fused-ring (bicyclic) bond motifs is 2. The van der Waals surface area contributed by atoms with Crippen LogP contribution in [0.2, 0.25) is 0 Å². The second-order valence-electron chi connectivity index (χ2n) is 6.82. The fraction of sp³-hybridized carbons (Fsp3) is 0.333. The number of amides is 2. The third-order valence-electron chi connectivity index (χ3n) is 5.09. The van der Waals surface area contributed by atoms with E-state index in [9.17, 15) is 9.59 Å². The fourth-order valence-corrected chi connectivity index (χ4v) is 3.51. The average Bonchev–Trinajstić information content (AvgIpc) is 3.23. The van der Waals surface area contributed by atoms with Gasteiger partial charge in [-0.1, -0.05) is 6.07 Å². The Morgan fingerprint density at radius 3 is 2.52 bits per heavy atom. The van der Waals surface area contributed by atoms with Gasteiger partial charge in [-0.2, -0.15) is 0 Å². The van der Waals surface area contributed by atoms with Crippen LogP contribution < -0.4 is 24.3 Å². The SMILES string of the molecule is COc1cc2c(cc1OC)CN(C(=O)C(=O)NCc1ccc3c(c1)OCO3)CC2. The fourth-order valence-electron chi connectivity index (χ4n) is 3.51. The number of carbonyl (C=O) groups is 2. The first kappa shape index (κ1) is 18.9. The average molecular weight is 398 g/mol. The van der Waals surface area contributed by atoms with E-state index >= 15 is 0 Å². The minimum Gasteiger partial charge on any atom is -0.493 e. The quantitative estimate of drug-likeness (QED) is 0.788. The Labute approximate surface area is 168 Å². The van der Waals surface area contributed by atoms with Gasteiger partial charge in [0.05, 0.1) is 14.2 Å². The third kappa shape index (κ3) is 3.78. The molecule has 2 aliphatic heterocycles. The lowest BCUT2D eigenvalue weighted by Gasteiger charge is -2.29. The van der Waals surface area contributed by atoms with Crippen LogP contribution in [0.3, 0.4) is 0 Å². The van der Waals surface area contributed by atoms with E-state index in [2.05, 4.69) is 5.32 Å². The maximum absolute atomic E-state index is 12.6. The number of rotatable bonds is 4. The zero-order valence-corrected chi connectivity index (χ0v) is 16.3. The predicted molar refractivity (Wildman–Crippen MR) is 103 cm³/mol. The van der Waals surface area contributed by atoms with Gasteiger partial charge in [-0.05, 0) is 47.4 Å². The van der Waals surface area contributed by atoms with Crippen molar-refractivity contribution in [2.24, 2.45) is 0 Å². The Bertz CT molecular complexity index is 958. The molecular formula is C21H22N2O6. The van der Waals surface area contributed by atoms with E-state index in [0.29, 0.717) is 42.5 Å². The molecule has 0 fully saturated rings. The molecule has 152 valence electrons. The minimum absolute atomic E-state index is 0.191. The van der Waals surface area contributed by atoms with Gasteiger partial charge < -0.3 is 29.2 Å². The van der Waals surface area contributed by atoms with E-state index in [1.807, 2.05) is 18.2 Å². The normalized spacial score (nSPS) is 14.2. The number of nitrogens with zero attached hydrogens (tertiary/aromatic N) is 1. The molecule has 2 aliphatic rings. The molecule has 29 heavy (non-hydrogen) atoms. The highest BCUT2D eigenvalue weighted by Crippen LogP contribution is 2.34. The first-order chi connectivity index (χ1) is 14.1. The zero-order valence-electron chi connectivity index (χ0n) is 16.3. The summed E-state index contributed by atoms with van der Waals surface area (Å²) in [7, 11) is 3.16. The molecule has 0 aromatic heterocycles. The molecule has 0 unspecified atom stereocenters. The highest BCUT2D eigenvalue weighted by Gasteiger charge is 2.27. The molecule has 0 saturated heterocycles. The zero-order chi connectivity index (χ0) is 20.4. The van der Waals surface area contributed by atoms with Gasteiger partial charge in [0, 0.05) is 19.6 Å². The summed E-state index contributed by atoms with van der Waals surface area (Å²) < 4.78 is 21.3. The second kappa shape index (κ2) is 7.90. The summed E-state index contributed by atoms with van der Waals surface area (Å²) in [5, 5.41) is 2.68. The molecule has 0 aliphatic carbocycles. The van der Waals surface area contributed by atoms with Crippen LogP contribution in [0.5, 0.6) is 23.0 Å².